The normalized spacial score (nSPS) is 14.1. The van der Waals surface area contributed by atoms with E-state index in [0.717, 1.165) is 12.8 Å². The number of tetrazole rings is 1. The average molecular weight is 308 g/mol. The summed E-state index contributed by atoms with van der Waals surface area (Å²) in [5.74, 6) is -0.615. The summed E-state index contributed by atoms with van der Waals surface area (Å²) in [4.78, 5) is 11.9. The molecule has 1 saturated carbocycles. The van der Waals surface area contributed by atoms with Gasteiger partial charge in [-0.2, -0.15) is 0 Å². The zero-order valence-corrected chi connectivity index (χ0v) is 11.8. The third-order valence-electron chi connectivity index (χ3n) is 2.98. The second kappa shape index (κ2) is 5.68. The van der Waals surface area contributed by atoms with Gasteiger partial charge in [-0.05, 0) is 41.5 Å². The molecule has 0 saturated heterocycles. The predicted octanol–water partition coefficient (Wildman–Crippen LogP) is 1.46. The topological polar surface area (TPSA) is 98.7 Å². The summed E-state index contributed by atoms with van der Waals surface area (Å²) >= 11 is 1.24. The lowest BCUT2D eigenvalue weighted by Crippen LogP contribution is -2.16. The number of aromatic nitrogens is 4. The van der Waals surface area contributed by atoms with E-state index in [0.29, 0.717) is 16.9 Å². The molecule has 1 amide bonds. The second-order valence-electron chi connectivity index (χ2n) is 4.71. The molecule has 2 aromatic rings. The molecule has 1 fully saturated rings. The summed E-state index contributed by atoms with van der Waals surface area (Å²) in [6.07, 6.45) is 2.12. The molecule has 0 radical (unpaired) electrons. The Morgan fingerprint density at radius 1 is 1.52 bits per heavy atom. The highest BCUT2D eigenvalue weighted by Crippen LogP contribution is 2.36. The van der Waals surface area contributed by atoms with Gasteiger partial charge in [0, 0.05) is 0 Å². The standard InChI is InChI=1S/C12H13FN6OS/c13-7-1-4-9(14)10(5-7)15-11(20)6-21-12-16-17-18-19(12)8-2-3-8/h1,4-5,8H,2-3,6,14H2,(H,15,20). The van der Waals surface area contributed by atoms with Crippen molar-refractivity contribution in [2.75, 3.05) is 16.8 Å². The van der Waals surface area contributed by atoms with Gasteiger partial charge in [0.1, 0.15) is 5.82 Å². The molecule has 1 aliphatic carbocycles. The predicted molar refractivity (Wildman–Crippen MR) is 76.3 cm³/mol. The van der Waals surface area contributed by atoms with E-state index in [1.807, 2.05) is 0 Å². The van der Waals surface area contributed by atoms with Crippen molar-refractivity contribution in [3.05, 3.63) is 24.0 Å². The zero-order valence-electron chi connectivity index (χ0n) is 11.0. The minimum atomic E-state index is -0.454. The summed E-state index contributed by atoms with van der Waals surface area (Å²) in [7, 11) is 0. The Kier molecular flexibility index (Phi) is 3.74. The van der Waals surface area contributed by atoms with Crippen molar-refractivity contribution in [3.8, 4) is 0 Å². The molecule has 7 nitrogen and oxygen atoms in total. The Bertz CT molecular complexity index is 672. The van der Waals surface area contributed by atoms with Gasteiger partial charge >= 0.3 is 0 Å². The Morgan fingerprint density at radius 2 is 2.33 bits per heavy atom. The summed E-state index contributed by atoms with van der Waals surface area (Å²) in [5.41, 5.74) is 6.26. The fourth-order valence-electron chi connectivity index (χ4n) is 1.78. The van der Waals surface area contributed by atoms with E-state index in [1.54, 1.807) is 4.68 Å². The number of amides is 1. The van der Waals surface area contributed by atoms with Crippen LogP contribution >= 0.6 is 11.8 Å². The van der Waals surface area contributed by atoms with E-state index in [4.69, 9.17) is 5.73 Å². The van der Waals surface area contributed by atoms with Crippen LogP contribution in [0.15, 0.2) is 23.4 Å². The zero-order chi connectivity index (χ0) is 14.8. The summed E-state index contributed by atoms with van der Waals surface area (Å²) < 4.78 is 14.8. The van der Waals surface area contributed by atoms with E-state index in [1.165, 1.54) is 30.0 Å². The monoisotopic (exact) mass is 308 g/mol. The van der Waals surface area contributed by atoms with Crippen LogP contribution in [0.4, 0.5) is 15.8 Å². The number of hydrogen-bond donors (Lipinski definition) is 2. The number of carbonyl (C=O) groups is 1. The third-order valence-corrected chi connectivity index (χ3v) is 3.91. The average Bonchev–Trinajstić information content (AvgIpc) is 3.19. The fourth-order valence-corrected chi connectivity index (χ4v) is 2.53. The van der Waals surface area contributed by atoms with Crippen molar-refractivity contribution in [1.29, 1.82) is 0 Å². The first-order valence-corrected chi connectivity index (χ1v) is 7.37. The molecule has 110 valence electrons. The van der Waals surface area contributed by atoms with Crippen LogP contribution < -0.4 is 11.1 Å². The SMILES string of the molecule is Nc1ccc(F)cc1NC(=O)CSc1nnnn1C1CC1. The minimum Gasteiger partial charge on any atom is -0.397 e. The van der Waals surface area contributed by atoms with Crippen molar-refractivity contribution in [1.82, 2.24) is 20.2 Å². The Labute approximate surface area is 124 Å². The lowest BCUT2D eigenvalue weighted by molar-refractivity contribution is -0.113. The number of nitrogens with zero attached hydrogens (tertiary/aromatic N) is 4. The van der Waals surface area contributed by atoms with Crippen LogP contribution in [0.5, 0.6) is 0 Å². The highest BCUT2D eigenvalue weighted by Gasteiger charge is 2.28. The summed E-state index contributed by atoms with van der Waals surface area (Å²) in [6, 6.07) is 4.19. The van der Waals surface area contributed by atoms with Crippen molar-refractivity contribution in [2.24, 2.45) is 0 Å². The quantitative estimate of drug-likeness (QED) is 0.641. The van der Waals surface area contributed by atoms with Crippen LogP contribution in [-0.2, 0) is 4.79 Å². The van der Waals surface area contributed by atoms with Gasteiger partial charge in [0.15, 0.2) is 0 Å². The number of carbonyl (C=O) groups excluding carboxylic acids is 1. The van der Waals surface area contributed by atoms with Crippen LogP contribution in [0.3, 0.4) is 0 Å². The number of anilines is 2. The Balaban J connectivity index is 1.59. The molecule has 1 aromatic carbocycles. The van der Waals surface area contributed by atoms with Gasteiger partial charge in [-0.15, -0.1) is 5.10 Å². The van der Waals surface area contributed by atoms with Gasteiger partial charge in [-0.25, -0.2) is 9.07 Å². The third kappa shape index (κ3) is 3.30. The van der Waals surface area contributed by atoms with Gasteiger partial charge in [-0.3, -0.25) is 4.79 Å². The second-order valence-corrected chi connectivity index (χ2v) is 5.65. The number of rotatable bonds is 5. The van der Waals surface area contributed by atoms with Gasteiger partial charge in [-0.1, -0.05) is 11.8 Å². The van der Waals surface area contributed by atoms with Gasteiger partial charge in [0.2, 0.25) is 11.1 Å². The van der Waals surface area contributed by atoms with E-state index in [9.17, 15) is 9.18 Å². The fraction of sp³-hybridized carbons (Fsp3) is 0.333. The molecule has 1 aliphatic rings. The number of benzene rings is 1. The lowest BCUT2D eigenvalue weighted by Gasteiger charge is -2.08. The maximum Gasteiger partial charge on any atom is 0.234 e. The van der Waals surface area contributed by atoms with Crippen molar-refractivity contribution >= 4 is 29.0 Å². The van der Waals surface area contributed by atoms with Crippen molar-refractivity contribution < 1.29 is 9.18 Å². The number of thioether (sulfide) groups is 1. The van der Waals surface area contributed by atoms with Gasteiger partial charge in [0.05, 0.1) is 23.2 Å². The molecule has 0 atom stereocenters. The maximum atomic E-state index is 13.1. The highest BCUT2D eigenvalue weighted by atomic mass is 32.2. The molecule has 9 heteroatoms. The molecular weight excluding hydrogens is 295 g/mol. The van der Waals surface area contributed by atoms with Crippen molar-refractivity contribution in [3.63, 3.8) is 0 Å². The van der Waals surface area contributed by atoms with Crippen LogP contribution in [0.2, 0.25) is 0 Å². The Morgan fingerprint density at radius 3 is 3.10 bits per heavy atom. The van der Waals surface area contributed by atoms with E-state index >= 15 is 0 Å². The molecular formula is C12H13FN6OS. The number of nitrogen functional groups attached to an aromatic ring is 1. The van der Waals surface area contributed by atoms with Crippen LogP contribution in [-0.4, -0.2) is 31.9 Å². The first kappa shape index (κ1) is 13.8. The summed E-state index contributed by atoms with van der Waals surface area (Å²) in [5, 5.41) is 14.6. The molecule has 21 heavy (non-hydrogen) atoms. The lowest BCUT2D eigenvalue weighted by atomic mass is 10.2. The van der Waals surface area contributed by atoms with E-state index in [2.05, 4.69) is 20.8 Å². The molecule has 3 N–H and O–H groups in total. The van der Waals surface area contributed by atoms with Gasteiger partial charge < -0.3 is 11.1 Å². The number of nitrogens with two attached hydrogens (primary N) is 1. The molecule has 1 heterocycles. The maximum absolute atomic E-state index is 13.1. The molecule has 0 bridgehead atoms. The molecule has 0 spiro atoms. The number of nitrogens with one attached hydrogen (secondary N) is 1. The smallest absolute Gasteiger partial charge is 0.234 e. The molecule has 1 aromatic heterocycles. The molecule has 0 unspecified atom stereocenters. The minimum absolute atomic E-state index is 0.128. The molecule has 3 rings (SSSR count). The highest BCUT2D eigenvalue weighted by molar-refractivity contribution is 7.99. The first-order valence-electron chi connectivity index (χ1n) is 6.39. The largest absolute Gasteiger partial charge is 0.397 e. The number of hydrogen-bond acceptors (Lipinski definition) is 6. The van der Waals surface area contributed by atoms with Crippen molar-refractivity contribution in [2.45, 2.75) is 24.0 Å². The van der Waals surface area contributed by atoms with Crippen LogP contribution in [0.25, 0.3) is 0 Å². The Hall–Kier alpha value is -2.16. The molecule has 0 aliphatic heterocycles. The van der Waals surface area contributed by atoms with Gasteiger partial charge in [0.25, 0.3) is 0 Å². The first-order chi connectivity index (χ1) is 10.1. The van der Waals surface area contributed by atoms with Crippen LogP contribution in [0, 0.1) is 5.82 Å². The van der Waals surface area contributed by atoms with Crippen LogP contribution in [0.1, 0.15) is 18.9 Å². The van der Waals surface area contributed by atoms with E-state index in [-0.39, 0.29) is 17.3 Å². The number of halogens is 1. The summed E-state index contributed by atoms with van der Waals surface area (Å²) in [6.45, 7) is 0. The van der Waals surface area contributed by atoms with E-state index < -0.39 is 5.82 Å².